The molecule has 36 heavy (non-hydrogen) atoms. The molecule has 0 radical (unpaired) electrons. The van der Waals surface area contributed by atoms with Gasteiger partial charge in [0, 0.05) is 51.2 Å². The molecule has 2 aromatic carbocycles. The van der Waals surface area contributed by atoms with Crippen LogP contribution >= 0.6 is 24.8 Å². The molecular weight excluding hydrogens is 500 g/mol. The molecule has 1 aliphatic heterocycles. The molecule has 9 heteroatoms. The molecule has 1 amide bonds. The average Bonchev–Trinajstić information content (AvgIpc) is 2.83. The number of rotatable bonds is 7. The van der Waals surface area contributed by atoms with Crippen LogP contribution in [0.5, 0.6) is 0 Å². The number of aromatic nitrogens is 2. The van der Waals surface area contributed by atoms with Crippen molar-refractivity contribution in [3.63, 3.8) is 0 Å². The lowest BCUT2D eigenvalue weighted by atomic mass is 10.00. The molecule has 0 aliphatic carbocycles. The Morgan fingerprint density at radius 1 is 1.06 bits per heavy atom. The van der Waals surface area contributed by atoms with Crippen LogP contribution in [0.2, 0.25) is 0 Å². The van der Waals surface area contributed by atoms with Gasteiger partial charge in [0.25, 0.3) is 5.91 Å². The van der Waals surface area contributed by atoms with Gasteiger partial charge in [0.05, 0.1) is 11.1 Å². The zero-order valence-electron chi connectivity index (χ0n) is 21.4. The van der Waals surface area contributed by atoms with E-state index in [0.29, 0.717) is 5.56 Å². The third-order valence-electron chi connectivity index (χ3n) is 6.49. The molecule has 1 fully saturated rings. The van der Waals surface area contributed by atoms with Crippen LogP contribution in [-0.4, -0.2) is 72.5 Å². The van der Waals surface area contributed by atoms with Crippen molar-refractivity contribution in [3.05, 3.63) is 54.1 Å². The Balaban J connectivity index is 0.00000228. The number of carbonyl (C=O) groups is 1. The number of carbonyl (C=O) groups excluding carboxylic acids is 1. The molecule has 0 atom stereocenters. The van der Waals surface area contributed by atoms with Crippen LogP contribution in [0.4, 0.5) is 10.2 Å². The summed E-state index contributed by atoms with van der Waals surface area (Å²) in [6.45, 7) is 9.60. The molecule has 4 rings (SSSR count). The van der Waals surface area contributed by atoms with E-state index in [1.165, 1.54) is 23.8 Å². The molecule has 196 valence electrons. The van der Waals surface area contributed by atoms with Crippen LogP contribution in [0, 0.1) is 11.7 Å². The molecule has 2 heterocycles. The minimum absolute atomic E-state index is 0. The Kier molecular flexibility index (Phi) is 10.9. The van der Waals surface area contributed by atoms with E-state index in [9.17, 15) is 9.18 Å². The van der Waals surface area contributed by atoms with E-state index < -0.39 is 5.82 Å². The number of nitrogens with zero attached hydrogens (tertiary/aromatic N) is 5. The van der Waals surface area contributed by atoms with Gasteiger partial charge in [-0.25, -0.2) is 14.4 Å². The van der Waals surface area contributed by atoms with E-state index in [1.54, 1.807) is 32.6 Å². The van der Waals surface area contributed by atoms with E-state index in [4.69, 9.17) is 0 Å². The quantitative estimate of drug-likeness (QED) is 0.397. The molecule has 1 saturated heterocycles. The van der Waals surface area contributed by atoms with E-state index in [-0.39, 0.29) is 36.3 Å². The van der Waals surface area contributed by atoms with Crippen molar-refractivity contribution in [1.29, 1.82) is 0 Å². The summed E-state index contributed by atoms with van der Waals surface area (Å²) >= 11 is 0. The molecule has 1 aromatic heterocycles. The Bertz CT molecular complexity index is 1170. The summed E-state index contributed by atoms with van der Waals surface area (Å²) in [5, 5.41) is 0.960. The first kappa shape index (κ1) is 29.7. The van der Waals surface area contributed by atoms with Gasteiger partial charge in [-0.3, -0.25) is 9.69 Å². The second-order valence-corrected chi connectivity index (χ2v) is 9.66. The van der Waals surface area contributed by atoms with Crippen molar-refractivity contribution in [3.8, 4) is 11.1 Å². The Morgan fingerprint density at radius 3 is 2.42 bits per heavy atom. The van der Waals surface area contributed by atoms with E-state index in [2.05, 4.69) is 33.6 Å². The van der Waals surface area contributed by atoms with Gasteiger partial charge in [0.1, 0.15) is 18.0 Å². The number of amides is 1. The van der Waals surface area contributed by atoms with E-state index in [1.807, 2.05) is 18.2 Å². The highest BCUT2D eigenvalue weighted by molar-refractivity contribution is 6.00. The fraction of sp³-hybridized carbons (Fsp3) is 0.444. The first-order chi connectivity index (χ1) is 16.3. The Hall–Kier alpha value is -2.48. The molecule has 0 unspecified atom stereocenters. The molecule has 0 spiro atoms. The van der Waals surface area contributed by atoms with Crippen LogP contribution in [0.15, 0.2) is 42.7 Å². The Morgan fingerprint density at radius 2 is 1.78 bits per heavy atom. The minimum Gasteiger partial charge on any atom is -0.353 e. The summed E-state index contributed by atoms with van der Waals surface area (Å²) in [6.07, 6.45) is 4.11. The smallest absolute Gasteiger partial charge is 0.256 e. The highest BCUT2D eigenvalue weighted by atomic mass is 35.5. The van der Waals surface area contributed by atoms with Crippen molar-refractivity contribution in [2.75, 3.05) is 51.7 Å². The number of anilines is 1. The molecule has 0 N–H and O–H groups in total. The average molecular weight is 537 g/mol. The lowest BCUT2D eigenvalue weighted by Gasteiger charge is -2.36. The lowest BCUT2D eigenvalue weighted by molar-refractivity contribution is 0.0823. The Labute approximate surface area is 225 Å². The van der Waals surface area contributed by atoms with Gasteiger partial charge >= 0.3 is 0 Å². The first-order valence-corrected chi connectivity index (χ1v) is 12.1. The van der Waals surface area contributed by atoms with E-state index in [0.717, 1.165) is 60.9 Å². The second kappa shape index (κ2) is 13.2. The maximum absolute atomic E-state index is 14.8. The zero-order chi connectivity index (χ0) is 24.2. The number of benzene rings is 2. The topological polar surface area (TPSA) is 52.6 Å². The normalized spacial score (nSPS) is 13.9. The monoisotopic (exact) mass is 535 g/mol. The molecule has 3 aromatic rings. The van der Waals surface area contributed by atoms with Gasteiger partial charge in [0.2, 0.25) is 0 Å². The van der Waals surface area contributed by atoms with Crippen molar-refractivity contribution in [2.45, 2.75) is 26.7 Å². The predicted octanol–water partition coefficient (Wildman–Crippen LogP) is 5.54. The maximum atomic E-state index is 14.8. The SMILES string of the molecule is CC(C)CCCN1CCN(c2ncnc3c(-c4ccc(C(=O)N(C)C)c(F)c4)cccc23)CC1.Cl.Cl. The summed E-state index contributed by atoms with van der Waals surface area (Å²) in [5.74, 6) is 0.792. The van der Waals surface area contributed by atoms with Gasteiger partial charge in [-0.2, -0.15) is 0 Å². The van der Waals surface area contributed by atoms with Crippen molar-refractivity contribution >= 4 is 47.4 Å². The lowest BCUT2D eigenvalue weighted by Crippen LogP contribution is -2.47. The largest absolute Gasteiger partial charge is 0.353 e. The fourth-order valence-corrected chi connectivity index (χ4v) is 4.56. The van der Waals surface area contributed by atoms with E-state index >= 15 is 0 Å². The number of halogens is 3. The van der Waals surface area contributed by atoms with Crippen LogP contribution in [0.3, 0.4) is 0 Å². The van der Waals surface area contributed by atoms with Crippen LogP contribution < -0.4 is 4.90 Å². The summed E-state index contributed by atoms with van der Waals surface area (Å²) in [6, 6.07) is 10.7. The third-order valence-corrected chi connectivity index (χ3v) is 6.49. The van der Waals surface area contributed by atoms with Gasteiger partial charge < -0.3 is 9.80 Å². The van der Waals surface area contributed by atoms with Crippen molar-refractivity contribution in [2.24, 2.45) is 5.92 Å². The number of para-hydroxylation sites is 1. The number of hydrogen-bond donors (Lipinski definition) is 0. The molecule has 1 aliphatic rings. The highest BCUT2D eigenvalue weighted by Gasteiger charge is 2.21. The highest BCUT2D eigenvalue weighted by Crippen LogP contribution is 2.32. The summed E-state index contributed by atoms with van der Waals surface area (Å²) < 4.78 is 14.8. The fourth-order valence-electron chi connectivity index (χ4n) is 4.56. The zero-order valence-corrected chi connectivity index (χ0v) is 23.0. The second-order valence-electron chi connectivity index (χ2n) is 9.66. The van der Waals surface area contributed by atoms with Crippen LogP contribution in [-0.2, 0) is 0 Å². The molecule has 0 saturated carbocycles. The number of hydrogen-bond acceptors (Lipinski definition) is 5. The van der Waals surface area contributed by atoms with Gasteiger partial charge in [-0.05, 0) is 49.1 Å². The minimum atomic E-state index is -0.531. The standard InChI is InChI=1S/C27H34FN5O.2ClH/c1-19(2)7-6-12-32-13-15-33(16-14-32)26-23-9-5-8-21(25(23)29-18-30-26)20-10-11-22(24(28)17-20)27(34)31(3)4;;/h5,8-11,17-19H,6-7,12-16H2,1-4H3;2*1H. The van der Waals surface area contributed by atoms with Gasteiger partial charge in [-0.1, -0.05) is 32.0 Å². The summed E-state index contributed by atoms with van der Waals surface area (Å²) in [7, 11) is 3.23. The van der Waals surface area contributed by atoms with Crippen molar-refractivity contribution < 1.29 is 9.18 Å². The maximum Gasteiger partial charge on any atom is 0.256 e. The van der Waals surface area contributed by atoms with Gasteiger partial charge in [0.15, 0.2) is 0 Å². The van der Waals surface area contributed by atoms with Crippen molar-refractivity contribution in [1.82, 2.24) is 19.8 Å². The van der Waals surface area contributed by atoms with Crippen LogP contribution in [0.1, 0.15) is 37.0 Å². The summed E-state index contributed by atoms with van der Waals surface area (Å²) in [4.78, 5) is 27.6. The molecular formula is C27H36Cl2FN5O. The number of fused-ring (bicyclic) bond motifs is 1. The molecule has 0 bridgehead atoms. The van der Waals surface area contributed by atoms with Crippen LogP contribution in [0.25, 0.3) is 22.0 Å². The first-order valence-electron chi connectivity index (χ1n) is 12.1. The summed E-state index contributed by atoms with van der Waals surface area (Å²) in [5.41, 5.74) is 2.38. The number of piperazine rings is 1. The predicted molar refractivity (Wildman–Crippen MR) is 150 cm³/mol. The molecule has 6 nitrogen and oxygen atoms in total. The van der Waals surface area contributed by atoms with Gasteiger partial charge in [-0.15, -0.1) is 24.8 Å². The third kappa shape index (κ3) is 6.64.